The number of carbonyl (C=O) groups excluding carboxylic acids is 1. The van der Waals surface area contributed by atoms with E-state index in [0.29, 0.717) is 17.9 Å². The number of benzene rings is 2. The molecule has 0 radical (unpaired) electrons. The van der Waals surface area contributed by atoms with Crippen LogP contribution in [0.5, 0.6) is 0 Å². The summed E-state index contributed by atoms with van der Waals surface area (Å²) in [7, 11) is 3.49. The van der Waals surface area contributed by atoms with Crippen molar-refractivity contribution in [2.24, 2.45) is 0 Å². The van der Waals surface area contributed by atoms with Gasteiger partial charge in [0.1, 0.15) is 5.82 Å². The van der Waals surface area contributed by atoms with Crippen molar-refractivity contribution in [3.63, 3.8) is 0 Å². The van der Waals surface area contributed by atoms with Crippen LogP contribution in [-0.4, -0.2) is 34.9 Å². The number of carbonyl (C=O) groups is 1. The first-order valence-electron chi connectivity index (χ1n) is 8.97. The smallest absolute Gasteiger partial charge is 0.253 e. The molecule has 0 bridgehead atoms. The van der Waals surface area contributed by atoms with Gasteiger partial charge in [-0.25, -0.2) is 9.97 Å². The van der Waals surface area contributed by atoms with Crippen LogP contribution in [-0.2, 0) is 6.54 Å². The Balaban J connectivity index is 1.70. The first-order chi connectivity index (χ1) is 13.6. The van der Waals surface area contributed by atoms with Crippen LogP contribution in [0.15, 0.2) is 66.0 Å². The molecule has 4 aromatic rings. The molecule has 1 N–H and O–H groups in total. The van der Waals surface area contributed by atoms with Crippen molar-refractivity contribution in [3.8, 4) is 11.4 Å². The Bertz CT molecular complexity index is 1110. The lowest BCUT2D eigenvalue weighted by molar-refractivity contribution is 0.0827. The molecule has 0 aliphatic heterocycles. The maximum Gasteiger partial charge on any atom is 0.253 e. The van der Waals surface area contributed by atoms with E-state index in [-0.39, 0.29) is 5.91 Å². The molecule has 6 heteroatoms. The molecule has 0 saturated carbocycles. The topological polar surface area (TPSA) is 58.1 Å². The van der Waals surface area contributed by atoms with E-state index in [1.807, 2.05) is 54.6 Å². The van der Waals surface area contributed by atoms with E-state index in [2.05, 4.69) is 16.8 Å². The third-order valence-corrected chi connectivity index (χ3v) is 5.29. The monoisotopic (exact) mass is 388 g/mol. The van der Waals surface area contributed by atoms with Crippen molar-refractivity contribution in [1.29, 1.82) is 0 Å². The first kappa shape index (κ1) is 18.1. The maximum atomic E-state index is 12.1. The average molecular weight is 388 g/mol. The number of aromatic nitrogens is 2. The normalized spacial score (nSPS) is 10.8. The third-order valence-electron chi connectivity index (χ3n) is 4.41. The van der Waals surface area contributed by atoms with Gasteiger partial charge in [0.05, 0.1) is 12.1 Å². The predicted molar refractivity (Wildman–Crippen MR) is 115 cm³/mol. The van der Waals surface area contributed by atoms with E-state index in [1.165, 1.54) is 4.88 Å². The number of nitrogens with one attached hydrogen (secondary N) is 1. The maximum absolute atomic E-state index is 12.1. The molecule has 0 spiro atoms. The van der Waals surface area contributed by atoms with Gasteiger partial charge in [0, 0.05) is 35.5 Å². The lowest BCUT2D eigenvalue weighted by atomic mass is 10.1. The van der Waals surface area contributed by atoms with Crippen LogP contribution in [0.1, 0.15) is 15.2 Å². The number of rotatable bonds is 5. The van der Waals surface area contributed by atoms with Crippen molar-refractivity contribution < 1.29 is 4.79 Å². The lowest BCUT2D eigenvalue weighted by Gasteiger charge is -2.12. The number of para-hydroxylation sites is 1. The van der Waals surface area contributed by atoms with Crippen molar-refractivity contribution in [2.75, 3.05) is 19.4 Å². The number of amides is 1. The highest BCUT2D eigenvalue weighted by atomic mass is 32.1. The fourth-order valence-electron chi connectivity index (χ4n) is 2.94. The second-order valence-electron chi connectivity index (χ2n) is 6.62. The minimum atomic E-state index is -0.0238. The number of thiophene rings is 1. The van der Waals surface area contributed by atoms with Crippen LogP contribution in [0.3, 0.4) is 0 Å². The number of hydrogen-bond donors (Lipinski definition) is 1. The Kier molecular flexibility index (Phi) is 5.04. The summed E-state index contributed by atoms with van der Waals surface area (Å²) < 4.78 is 0. The standard InChI is InChI=1S/C22H20N4OS/c1-26(2)22(27)16-11-9-15(10-12-16)20-24-19-8-4-3-7-18(19)21(25-20)23-14-17-6-5-13-28-17/h3-13H,14H2,1-2H3,(H,23,24,25). The molecule has 2 aromatic carbocycles. The summed E-state index contributed by atoms with van der Waals surface area (Å²) in [6.07, 6.45) is 0. The molecule has 0 unspecified atom stereocenters. The van der Waals surface area contributed by atoms with Gasteiger partial charge in [-0.1, -0.05) is 30.3 Å². The molecule has 2 heterocycles. The highest BCUT2D eigenvalue weighted by Crippen LogP contribution is 2.26. The molecule has 28 heavy (non-hydrogen) atoms. The van der Waals surface area contributed by atoms with Gasteiger partial charge in [0.2, 0.25) is 0 Å². The van der Waals surface area contributed by atoms with Crippen LogP contribution in [0.25, 0.3) is 22.3 Å². The Morgan fingerprint density at radius 2 is 1.79 bits per heavy atom. The molecule has 5 nitrogen and oxygen atoms in total. The second kappa shape index (κ2) is 7.78. The molecule has 0 saturated heterocycles. The molecule has 1 amide bonds. The summed E-state index contributed by atoms with van der Waals surface area (Å²) in [5, 5.41) is 6.50. The van der Waals surface area contributed by atoms with Crippen LogP contribution >= 0.6 is 11.3 Å². The molecule has 0 aliphatic carbocycles. The average Bonchev–Trinajstić information content (AvgIpc) is 3.25. The molecule has 140 valence electrons. The summed E-state index contributed by atoms with van der Waals surface area (Å²) in [6.45, 7) is 0.717. The minimum absolute atomic E-state index is 0.0238. The fourth-order valence-corrected chi connectivity index (χ4v) is 3.59. The number of fused-ring (bicyclic) bond motifs is 1. The summed E-state index contributed by atoms with van der Waals surface area (Å²) in [5.41, 5.74) is 2.40. The zero-order valence-corrected chi connectivity index (χ0v) is 16.5. The summed E-state index contributed by atoms with van der Waals surface area (Å²) >= 11 is 1.71. The predicted octanol–water partition coefficient (Wildman–Crippen LogP) is 4.67. The Hall–Kier alpha value is -3.25. The van der Waals surface area contributed by atoms with Gasteiger partial charge < -0.3 is 10.2 Å². The lowest BCUT2D eigenvalue weighted by Crippen LogP contribution is -2.21. The minimum Gasteiger partial charge on any atom is -0.365 e. The Morgan fingerprint density at radius 3 is 2.50 bits per heavy atom. The molecular weight excluding hydrogens is 368 g/mol. The summed E-state index contributed by atoms with van der Waals surface area (Å²) in [5.74, 6) is 1.42. The van der Waals surface area contributed by atoms with Crippen molar-refractivity contribution >= 4 is 34.0 Å². The highest BCUT2D eigenvalue weighted by Gasteiger charge is 2.12. The van der Waals surface area contributed by atoms with E-state index < -0.39 is 0 Å². The van der Waals surface area contributed by atoms with Gasteiger partial charge in [-0.05, 0) is 35.7 Å². The quantitative estimate of drug-likeness (QED) is 0.540. The molecule has 4 rings (SSSR count). The van der Waals surface area contributed by atoms with E-state index in [1.54, 1.807) is 30.3 Å². The van der Waals surface area contributed by atoms with E-state index in [4.69, 9.17) is 9.97 Å². The van der Waals surface area contributed by atoms with Gasteiger partial charge >= 0.3 is 0 Å². The Labute approximate surface area is 167 Å². The van der Waals surface area contributed by atoms with Gasteiger partial charge in [0.25, 0.3) is 5.91 Å². The van der Waals surface area contributed by atoms with Crippen LogP contribution in [0, 0.1) is 0 Å². The first-order valence-corrected chi connectivity index (χ1v) is 9.85. The van der Waals surface area contributed by atoms with Gasteiger partial charge in [-0.3, -0.25) is 4.79 Å². The molecular formula is C22H20N4OS. The van der Waals surface area contributed by atoms with Gasteiger partial charge in [-0.2, -0.15) is 0 Å². The van der Waals surface area contributed by atoms with Crippen molar-refractivity contribution in [2.45, 2.75) is 6.54 Å². The zero-order valence-electron chi connectivity index (χ0n) is 15.7. The highest BCUT2D eigenvalue weighted by molar-refractivity contribution is 7.09. The van der Waals surface area contributed by atoms with Gasteiger partial charge in [-0.15, -0.1) is 11.3 Å². The number of hydrogen-bond acceptors (Lipinski definition) is 5. The summed E-state index contributed by atoms with van der Waals surface area (Å²) in [4.78, 5) is 24.4. The fraction of sp³-hybridized carbons (Fsp3) is 0.136. The SMILES string of the molecule is CN(C)C(=O)c1ccc(-c2nc(NCc3cccs3)c3ccccc3n2)cc1. The molecule has 0 atom stereocenters. The van der Waals surface area contributed by atoms with Gasteiger partial charge in [0.15, 0.2) is 5.82 Å². The Morgan fingerprint density at radius 1 is 1.00 bits per heavy atom. The van der Waals surface area contributed by atoms with E-state index >= 15 is 0 Å². The van der Waals surface area contributed by atoms with E-state index in [0.717, 1.165) is 22.3 Å². The largest absolute Gasteiger partial charge is 0.365 e. The van der Waals surface area contributed by atoms with Crippen molar-refractivity contribution in [3.05, 3.63) is 76.5 Å². The second-order valence-corrected chi connectivity index (χ2v) is 7.66. The summed E-state index contributed by atoms with van der Waals surface area (Å²) in [6, 6.07) is 19.5. The van der Waals surface area contributed by atoms with Crippen molar-refractivity contribution in [1.82, 2.24) is 14.9 Å². The van der Waals surface area contributed by atoms with Crippen LogP contribution in [0.2, 0.25) is 0 Å². The van der Waals surface area contributed by atoms with Crippen LogP contribution < -0.4 is 5.32 Å². The zero-order chi connectivity index (χ0) is 19.5. The van der Waals surface area contributed by atoms with Crippen LogP contribution in [0.4, 0.5) is 5.82 Å². The number of nitrogens with zero attached hydrogens (tertiary/aromatic N) is 3. The van der Waals surface area contributed by atoms with E-state index in [9.17, 15) is 4.79 Å². The number of anilines is 1. The third kappa shape index (κ3) is 3.73. The molecule has 2 aromatic heterocycles. The molecule has 0 fully saturated rings. The molecule has 0 aliphatic rings.